The molecule has 2 unspecified atom stereocenters. The highest BCUT2D eigenvalue weighted by atomic mass is 32.2. The summed E-state index contributed by atoms with van der Waals surface area (Å²) in [6.07, 6.45) is 4.22. The Morgan fingerprint density at radius 2 is 2.03 bits per heavy atom. The number of carbonyl (C=O) groups is 3. The van der Waals surface area contributed by atoms with E-state index in [1.54, 1.807) is 25.1 Å². The summed E-state index contributed by atoms with van der Waals surface area (Å²) in [5.41, 5.74) is 1.25. The number of hydrogen-bond acceptors (Lipinski definition) is 9. The lowest BCUT2D eigenvalue weighted by molar-refractivity contribution is -0.143. The first kappa shape index (κ1) is 26.2. The maximum absolute atomic E-state index is 14.8. The molecule has 4 rings (SSSR count). The maximum Gasteiger partial charge on any atom is 0.307 e. The number of Topliss-reactive ketones (excluding diaryl/α,β-unsaturated/α-hetero) is 1. The average Bonchev–Trinajstić information content (AvgIpc) is 3.60. The predicted octanol–water partition coefficient (Wildman–Crippen LogP) is 3.22. The van der Waals surface area contributed by atoms with E-state index in [9.17, 15) is 18.8 Å². The van der Waals surface area contributed by atoms with Crippen molar-refractivity contribution in [2.24, 2.45) is 5.92 Å². The normalized spacial score (nSPS) is 20.3. The standard InChI is InChI=1S/C25H30FN5O4S/c1-3-35-23(33)11-13-31-22(27-28-29-31)14-18-15-30(12-10-21(18)36-16(2)32)24(25(34)17-8-9-17)19-6-4-5-7-20(19)26/h4-7,14,17,21,24H,3,8-13,15H2,1-2H3/b18-14-. The van der Waals surface area contributed by atoms with Crippen molar-refractivity contribution < 1.29 is 23.5 Å². The van der Waals surface area contributed by atoms with Crippen LogP contribution < -0.4 is 0 Å². The number of ketones is 1. The lowest BCUT2D eigenvalue weighted by Gasteiger charge is -2.38. The van der Waals surface area contributed by atoms with Crippen molar-refractivity contribution in [2.75, 3.05) is 19.7 Å². The lowest BCUT2D eigenvalue weighted by Crippen LogP contribution is -2.43. The van der Waals surface area contributed by atoms with Crippen molar-refractivity contribution in [2.45, 2.75) is 57.4 Å². The molecule has 0 spiro atoms. The van der Waals surface area contributed by atoms with Crippen molar-refractivity contribution >= 4 is 34.7 Å². The first-order valence-electron chi connectivity index (χ1n) is 12.2. The van der Waals surface area contributed by atoms with Crippen LogP contribution in [0.2, 0.25) is 0 Å². The van der Waals surface area contributed by atoms with E-state index in [-0.39, 0.29) is 41.0 Å². The van der Waals surface area contributed by atoms with Gasteiger partial charge in [0.2, 0.25) is 0 Å². The molecule has 0 radical (unpaired) electrons. The van der Waals surface area contributed by atoms with Crippen molar-refractivity contribution in [3.05, 3.63) is 47.0 Å². The average molecular weight is 516 g/mol. The Morgan fingerprint density at radius 3 is 2.72 bits per heavy atom. The summed E-state index contributed by atoms with van der Waals surface area (Å²) in [7, 11) is 0. The van der Waals surface area contributed by atoms with Crippen LogP contribution in [-0.2, 0) is 25.7 Å². The third kappa shape index (κ3) is 6.44. The van der Waals surface area contributed by atoms with Crippen LogP contribution in [-0.4, -0.2) is 66.9 Å². The monoisotopic (exact) mass is 515 g/mol. The molecule has 1 aliphatic carbocycles. The predicted molar refractivity (Wildman–Crippen MR) is 132 cm³/mol. The van der Waals surface area contributed by atoms with Gasteiger partial charge in [0.15, 0.2) is 16.7 Å². The van der Waals surface area contributed by atoms with Gasteiger partial charge >= 0.3 is 5.97 Å². The first-order valence-corrected chi connectivity index (χ1v) is 13.1. The summed E-state index contributed by atoms with van der Waals surface area (Å²) in [6.45, 7) is 4.73. The molecule has 0 N–H and O–H groups in total. The Balaban J connectivity index is 1.62. The molecule has 2 heterocycles. The Labute approximate surface area is 213 Å². The molecule has 2 atom stereocenters. The zero-order chi connectivity index (χ0) is 25.7. The van der Waals surface area contributed by atoms with Crippen molar-refractivity contribution in [3.63, 3.8) is 0 Å². The van der Waals surface area contributed by atoms with Gasteiger partial charge in [0.1, 0.15) is 5.82 Å². The van der Waals surface area contributed by atoms with Crippen LogP contribution in [0.15, 0.2) is 29.8 Å². The second-order valence-electron chi connectivity index (χ2n) is 8.99. The van der Waals surface area contributed by atoms with Crippen LogP contribution in [0.3, 0.4) is 0 Å². The van der Waals surface area contributed by atoms with E-state index in [0.717, 1.165) is 18.4 Å². The number of halogens is 1. The number of piperidine rings is 1. The highest BCUT2D eigenvalue weighted by Crippen LogP contribution is 2.40. The van der Waals surface area contributed by atoms with Gasteiger partial charge in [-0.25, -0.2) is 9.07 Å². The summed E-state index contributed by atoms with van der Waals surface area (Å²) < 4.78 is 21.3. The molecule has 1 saturated carbocycles. The van der Waals surface area contributed by atoms with E-state index in [4.69, 9.17) is 4.74 Å². The van der Waals surface area contributed by atoms with Crippen LogP contribution in [0, 0.1) is 11.7 Å². The van der Waals surface area contributed by atoms with E-state index in [1.807, 2.05) is 11.0 Å². The number of tetrazole rings is 1. The Morgan fingerprint density at radius 1 is 1.25 bits per heavy atom. The second-order valence-corrected chi connectivity index (χ2v) is 10.4. The van der Waals surface area contributed by atoms with Crippen molar-refractivity contribution in [3.8, 4) is 0 Å². The maximum atomic E-state index is 14.8. The molecule has 1 aromatic carbocycles. The zero-order valence-electron chi connectivity index (χ0n) is 20.4. The molecule has 2 fully saturated rings. The van der Waals surface area contributed by atoms with Crippen molar-refractivity contribution in [1.82, 2.24) is 25.1 Å². The van der Waals surface area contributed by atoms with Crippen LogP contribution in [0.1, 0.15) is 57.0 Å². The molecule has 0 amide bonds. The van der Waals surface area contributed by atoms with Gasteiger partial charge in [-0.05, 0) is 54.3 Å². The minimum atomic E-state index is -0.690. The largest absolute Gasteiger partial charge is 0.466 e. The summed E-state index contributed by atoms with van der Waals surface area (Å²) in [5, 5.41) is 11.7. The van der Waals surface area contributed by atoms with Crippen molar-refractivity contribution in [1.29, 1.82) is 0 Å². The molecule has 36 heavy (non-hydrogen) atoms. The molecular formula is C25H30FN5O4S. The summed E-state index contributed by atoms with van der Waals surface area (Å²) in [5.74, 6) is -0.295. The number of aryl methyl sites for hydroxylation is 1. The number of ether oxygens (including phenoxy) is 1. The fourth-order valence-electron chi connectivity index (χ4n) is 4.47. The minimum absolute atomic E-state index is 0.0130. The van der Waals surface area contributed by atoms with Gasteiger partial charge in [-0.2, -0.15) is 0 Å². The number of aromatic nitrogens is 4. The van der Waals surface area contributed by atoms with E-state index in [0.29, 0.717) is 37.5 Å². The van der Waals surface area contributed by atoms with E-state index in [2.05, 4.69) is 15.5 Å². The van der Waals surface area contributed by atoms with Gasteiger partial charge in [0.25, 0.3) is 0 Å². The first-order chi connectivity index (χ1) is 17.4. The van der Waals surface area contributed by atoms with Gasteiger partial charge < -0.3 is 4.74 Å². The highest BCUT2D eigenvalue weighted by molar-refractivity contribution is 8.14. The summed E-state index contributed by atoms with van der Waals surface area (Å²) in [6, 6.07) is 5.74. The number of likely N-dealkylation sites (tertiary alicyclic amines) is 1. The number of hydrogen-bond donors (Lipinski definition) is 0. The number of esters is 1. The fourth-order valence-corrected chi connectivity index (χ4v) is 5.38. The summed E-state index contributed by atoms with van der Waals surface area (Å²) >= 11 is 1.23. The smallest absolute Gasteiger partial charge is 0.307 e. The third-order valence-corrected chi connectivity index (χ3v) is 7.46. The topological polar surface area (TPSA) is 107 Å². The number of thioether (sulfide) groups is 1. The zero-order valence-corrected chi connectivity index (χ0v) is 21.2. The van der Waals surface area contributed by atoms with Gasteiger partial charge in [-0.15, -0.1) is 5.10 Å². The molecule has 11 heteroatoms. The quantitative estimate of drug-likeness (QED) is 0.441. The minimum Gasteiger partial charge on any atom is -0.466 e. The molecule has 1 aromatic heterocycles. The van der Waals surface area contributed by atoms with E-state index < -0.39 is 11.9 Å². The van der Waals surface area contributed by atoms with Gasteiger partial charge in [-0.3, -0.25) is 19.3 Å². The molecule has 2 aliphatic rings. The highest BCUT2D eigenvalue weighted by Gasteiger charge is 2.41. The van der Waals surface area contributed by atoms with Crippen LogP contribution in [0.4, 0.5) is 4.39 Å². The Kier molecular flexibility index (Phi) is 8.63. The fraction of sp³-hybridized carbons (Fsp3) is 0.520. The van der Waals surface area contributed by atoms with Crippen LogP contribution in [0.5, 0.6) is 0 Å². The molecule has 1 saturated heterocycles. The molecule has 192 valence electrons. The molecule has 1 aliphatic heterocycles. The number of benzene rings is 1. The SMILES string of the molecule is CCOC(=O)CCn1nnnc1/C=C1/CN(C(C(=O)C2CC2)c2ccccc2F)CCC1SC(C)=O. The van der Waals surface area contributed by atoms with Gasteiger partial charge in [0, 0.05) is 36.7 Å². The van der Waals surface area contributed by atoms with E-state index >= 15 is 0 Å². The van der Waals surface area contributed by atoms with Gasteiger partial charge in [-0.1, -0.05) is 30.0 Å². The van der Waals surface area contributed by atoms with Crippen LogP contribution >= 0.6 is 11.8 Å². The third-order valence-electron chi connectivity index (χ3n) is 6.31. The van der Waals surface area contributed by atoms with Gasteiger partial charge in [0.05, 0.1) is 25.6 Å². The molecule has 0 bridgehead atoms. The summed E-state index contributed by atoms with van der Waals surface area (Å²) in [4.78, 5) is 39.1. The Hall–Kier alpha value is -2.92. The molecule has 2 aromatic rings. The number of rotatable bonds is 10. The number of nitrogens with zero attached hydrogens (tertiary/aromatic N) is 5. The van der Waals surface area contributed by atoms with E-state index in [1.165, 1.54) is 29.4 Å². The second kappa shape index (κ2) is 11.9. The number of carbonyl (C=O) groups excluding carboxylic acids is 3. The molecular weight excluding hydrogens is 485 g/mol. The lowest BCUT2D eigenvalue weighted by atomic mass is 9.93. The molecule has 9 nitrogen and oxygen atoms in total. The Bertz CT molecular complexity index is 1150. The van der Waals surface area contributed by atoms with Crippen LogP contribution in [0.25, 0.3) is 6.08 Å².